The van der Waals surface area contributed by atoms with Crippen LogP contribution in [0.5, 0.6) is 5.75 Å². The summed E-state index contributed by atoms with van der Waals surface area (Å²) in [5.74, 6) is 1.33. The molecular formula is C20H24Cl2N4O2. The van der Waals surface area contributed by atoms with Gasteiger partial charge in [0.25, 0.3) is 0 Å². The molecule has 1 atom stereocenters. The Bertz CT molecular complexity index is 912. The number of ether oxygens (including phenoxy) is 1. The fourth-order valence-electron chi connectivity index (χ4n) is 2.66. The van der Waals surface area contributed by atoms with Crippen molar-refractivity contribution in [1.29, 1.82) is 0 Å². The number of carbonyl (C=O) groups is 1. The maximum absolute atomic E-state index is 12.4. The highest BCUT2D eigenvalue weighted by molar-refractivity contribution is 6.30. The van der Waals surface area contributed by atoms with Gasteiger partial charge in [-0.2, -0.15) is 0 Å². The van der Waals surface area contributed by atoms with Crippen molar-refractivity contribution in [2.45, 2.75) is 26.1 Å². The van der Waals surface area contributed by atoms with E-state index in [1.54, 1.807) is 24.3 Å². The second-order valence-corrected chi connectivity index (χ2v) is 6.78. The Labute approximate surface area is 175 Å². The number of para-hydroxylation sites is 2. The van der Waals surface area contributed by atoms with E-state index in [1.807, 2.05) is 42.8 Å². The molecule has 0 bridgehead atoms. The molecule has 0 spiro atoms. The van der Waals surface area contributed by atoms with Gasteiger partial charge >= 0.3 is 0 Å². The molecule has 8 heteroatoms. The van der Waals surface area contributed by atoms with Crippen LogP contribution in [0.15, 0.2) is 48.5 Å². The summed E-state index contributed by atoms with van der Waals surface area (Å²) in [6.45, 7) is 3.03. The van der Waals surface area contributed by atoms with Gasteiger partial charge in [0.1, 0.15) is 24.7 Å². The molecule has 150 valence electrons. The first-order chi connectivity index (χ1) is 13.1. The average Bonchev–Trinajstić information content (AvgIpc) is 3.03. The number of likely N-dealkylation sites (N-methyl/N-ethyl adjacent to an activating group) is 1. The van der Waals surface area contributed by atoms with Gasteiger partial charge in [0.2, 0.25) is 5.91 Å². The summed E-state index contributed by atoms with van der Waals surface area (Å²) in [5, 5.41) is 6.69. The Morgan fingerprint density at radius 3 is 2.64 bits per heavy atom. The van der Waals surface area contributed by atoms with Gasteiger partial charge in [0.15, 0.2) is 0 Å². The van der Waals surface area contributed by atoms with Crippen LogP contribution in [-0.4, -0.2) is 35.1 Å². The highest BCUT2D eigenvalue weighted by Gasteiger charge is 2.14. The molecule has 1 aromatic heterocycles. The normalized spacial score (nSPS) is 11.7. The lowest BCUT2D eigenvalue weighted by Gasteiger charge is -2.13. The van der Waals surface area contributed by atoms with E-state index in [4.69, 9.17) is 16.3 Å². The van der Waals surface area contributed by atoms with E-state index in [9.17, 15) is 4.79 Å². The molecule has 28 heavy (non-hydrogen) atoms. The summed E-state index contributed by atoms with van der Waals surface area (Å²) in [4.78, 5) is 17.0. The highest BCUT2D eigenvalue weighted by atomic mass is 35.5. The second kappa shape index (κ2) is 10.3. The maximum atomic E-state index is 12.4. The summed E-state index contributed by atoms with van der Waals surface area (Å²) in [5.41, 5.74) is 1.74. The van der Waals surface area contributed by atoms with E-state index in [-0.39, 0.29) is 37.5 Å². The number of rotatable bonds is 8. The maximum Gasteiger partial charge on any atom is 0.240 e. The zero-order valence-corrected chi connectivity index (χ0v) is 17.4. The van der Waals surface area contributed by atoms with Crippen LogP contribution in [0, 0.1) is 0 Å². The van der Waals surface area contributed by atoms with Crippen molar-refractivity contribution in [2.24, 2.45) is 0 Å². The molecule has 0 radical (unpaired) electrons. The van der Waals surface area contributed by atoms with E-state index < -0.39 is 0 Å². The van der Waals surface area contributed by atoms with Crippen molar-refractivity contribution in [3.05, 3.63) is 59.4 Å². The van der Waals surface area contributed by atoms with E-state index >= 15 is 0 Å². The van der Waals surface area contributed by atoms with Crippen molar-refractivity contribution < 1.29 is 9.53 Å². The molecule has 0 aliphatic carbocycles. The molecule has 0 aliphatic heterocycles. The number of nitrogens with zero attached hydrogens (tertiary/aromatic N) is 2. The number of nitrogens with one attached hydrogen (secondary N) is 2. The standard InChI is InChI=1S/C20H23ClN4O2.ClH/c1-14(22-2)11-23-20(26)12-25-18-6-4-3-5-17(18)24-19(25)13-27-16-9-7-15(21)8-10-16;/h3-10,14,22H,11-13H2,1-2H3,(H,23,26);1H. The van der Waals surface area contributed by atoms with Crippen molar-refractivity contribution >= 4 is 40.9 Å². The molecule has 0 fully saturated rings. The van der Waals surface area contributed by atoms with Crippen LogP contribution in [0.3, 0.4) is 0 Å². The zero-order chi connectivity index (χ0) is 19.2. The van der Waals surface area contributed by atoms with Gasteiger partial charge < -0.3 is 19.9 Å². The van der Waals surface area contributed by atoms with Crippen LogP contribution in [0.4, 0.5) is 0 Å². The SMILES string of the molecule is CNC(C)CNC(=O)Cn1c(COc2ccc(Cl)cc2)nc2ccccc21.Cl. The molecule has 1 unspecified atom stereocenters. The number of amides is 1. The smallest absolute Gasteiger partial charge is 0.240 e. The molecule has 6 nitrogen and oxygen atoms in total. The van der Waals surface area contributed by atoms with Crippen LogP contribution in [-0.2, 0) is 17.9 Å². The third kappa shape index (κ3) is 5.61. The van der Waals surface area contributed by atoms with Gasteiger partial charge in [-0.15, -0.1) is 12.4 Å². The lowest BCUT2D eigenvalue weighted by molar-refractivity contribution is -0.121. The third-order valence-electron chi connectivity index (χ3n) is 4.32. The third-order valence-corrected chi connectivity index (χ3v) is 4.57. The minimum absolute atomic E-state index is 0. The van der Waals surface area contributed by atoms with E-state index in [1.165, 1.54) is 0 Å². The molecule has 1 heterocycles. The summed E-state index contributed by atoms with van der Waals surface area (Å²) < 4.78 is 7.72. The largest absolute Gasteiger partial charge is 0.486 e. The summed E-state index contributed by atoms with van der Waals surface area (Å²) in [6, 6.07) is 15.1. The molecule has 3 rings (SSSR count). The van der Waals surface area contributed by atoms with E-state index in [0.29, 0.717) is 23.1 Å². The van der Waals surface area contributed by atoms with Crippen LogP contribution in [0.25, 0.3) is 11.0 Å². The Morgan fingerprint density at radius 2 is 1.93 bits per heavy atom. The number of aromatic nitrogens is 2. The first kappa shape index (κ1) is 22.0. The molecule has 2 N–H and O–H groups in total. The highest BCUT2D eigenvalue weighted by Crippen LogP contribution is 2.20. The lowest BCUT2D eigenvalue weighted by Crippen LogP contribution is -2.38. The number of halogens is 2. The molecule has 0 saturated heterocycles. The fourth-order valence-corrected chi connectivity index (χ4v) is 2.79. The number of fused-ring (bicyclic) bond motifs is 1. The van der Waals surface area contributed by atoms with Crippen molar-refractivity contribution in [2.75, 3.05) is 13.6 Å². The van der Waals surface area contributed by atoms with Crippen molar-refractivity contribution in [3.8, 4) is 5.75 Å². The minimum Gasteiger partial charge on any atom is -0.486 e. The van der Waals surface area contributed by atoms with Gasteiger partial charge in [-0.1, -0.05) is 23.7 Å². The quantitative estimate of drug-likeness (QED) is 0.583. The van der Waals surface area contributed by atoms with Crippen LogP contribution >= 0.6 is 24.0 Å². The topological polar surface area (TPSA) is 68.2 Å². The first-order valence-electron chi connectivity index (χ1n) is 8.83. The predicted octanol–water partition coefficient (Wildman–Crippen LogP) is 3.41. The molecular weight excluding hydrogens is 399 g/mol. The Morgan fingerprint density at radius 1 is 1.21 bits per heavy atom. The number of hydrogen-bond acceptors (Lipinski definition) is 4. The van der Waals surface area contributed by atoms with Gasteiger partial charge in [0.05, 0.1) is 11.0 Å². The summed E-state index contributed by atoms with van der Waals surface area (Å²) in [7, 11) is 1.87. The zero-order valence-electron chi connectivity index (χ0n) is 15.8. The predicted molar refractivity (Wildman–Crippen MR) is 114 cm³/mol. The Kier molecular flexibility index (Phi) is 8.11. The van der Waals surface area contributed by atoms with Gasteiger partial charge in [-0.25, -0.2) is 4.98 Å². The molecule has 1 amide bonds. The van der Waals surface area contributed by atoms with Crippen molar-refractivity contribution in [1.82, 2.24) is 20.2 Å². The second-order valence-electron chi connectivity index (χ2n) is 6.34. The number of hydrogen-bond donors (Lipinski definition) is 2. The Balaban J connectivity index is 0.00000280. The minimum atomic E-state index is -0.0620. The molecule has 0 saturated carbocycles. The van der Waals surface area contributed by atoms with Gasteiger partial charge in [0, 0.05) is 17.6 Å². The summed E-state index contributed by atoms with van der Waals surface area (Å²) >= 11 is 5.91. The van der Waals surface area contributed by atoms with Crippen LogP contribution in [0.1, 0.15) is 12.7 Å². The molecule has 3 aromatic rings. The number of carbonyl (C=O) groups excluding carboxylic acids is 1. The number of benzene rings is 2. The summed E-state index contributed by atoms with van der Waals surface area (Å²) in [6.07, 6.45) is 0. The van der Waals surface area contributed by atoms with Gasteiger partial charge in [-0.3, -0.25) is 4.79 Å². The van der Waals surface area contributed by atoms with Gasteiger partial charge in [-0.05, 0) is 50.4 Å². The first-order valence-corrected chi connectivity index (χ1v) is 9.21. The van der Waals surface area contributed by atoms with Crippen LogP contribution < -0.4 is 15.4 Å². The monoisotopic (exact) mass is 422 g/mol. The number of imidazole rings is 1. The fraction of sp³-hybridized carbons (Fsp3) is 0.300. The average molecular weight is 423 g/mol. The molecule has 0 aliphatic rings. The van der Waals surface area contributed by atoms with E-state index in [2.05, 4.69) is 15.6 Å². The Hall–Kier alpha value is -2.28. The van der Waals surface area contributed by atoms with Crippen molar-refractivity contribution in [3.63, 3.8) is 0 Å². The van der Waals surface area contributed by atoms with Crippen LogP contribution in [0.2, 0.25) is 5.02 Å². The lowest BCUT2D eigenvalue weighted by atomic mass is 10.3. The van der Waals surface area contributed by atoms with E-state index in [0.717, 1.165) is 11.0 Å². The molecule has 2 aromatic carbocycles.